The van der Waals surface area contributed by atoms with Gasteiger partial charge in [0.25, 0.3) is 0 Å². The number of hydrogen-bond acceptors (Lipinski definition) is 3. The second kappa shape index (κ2) is 7.87. The first-order valence-corrected chi connectivity index (χ1v) is 9.43. The Kier molecular flexibility index (Phi) is 5.59. The monoisotopic (exact) mass is 356 g/mol. The van der Waals surface area contributed by atoms with Crippen molar-refractivity contribution in [1.82, 2.24) is 0 Å². The highest BCUT2D eigenvalue weighted by Crippen LogP contribution is 2.35. The number of aliphatic hydroxyl groups excluding tert-OH is 1. The summed E-state index contributed by atoms with van der Waals surface area (Å²) in [6.45, 7) is 2.06. The largest absolute Gasteiger partial charge is 0.512 e. The Hall–Kier alpha value is -2.07. The van der Waals surface area contributed by atoms with Gasteiger partial charge in [0.1, 0.15) is 11.6 Å². The van der Waals surface area contributed by atoms with Crippen molar-refractivity contribution in [2.75, 3.05) is 5.75 Å². The Morgan fingerprint density at radius 1 is 1.12 bits per heavy atom. The van der Waals surface area contributed by atoms with Gasteiger partial charge in [-0.05, 0) is 43.2 Å². The number of benzene rings is 2. The van der Waals surface area contributed by atoms with Gasteiger partial charge in [0, 0.05) is 23.3 Å². The molecule has 1 aliphatic rings. The number of aliphatic hydroxyl groups is 1. The van der Waals surface area contributed by atoms with Crippen LogP contribution in [0.5, 0.6) is 0 Å². The molecule has 1 aliphatic carbocycles. The summed E-state index contributed by atoms with van der Waals surface area (Å²) in [6, 6.07) is 14.5. The number of rotatable bonds is 5. The number of halogens is 1. The van der Waals surface area contributed by atoms with Gasteiger partial charge in [-0.15, -0.1) is 11.8 Å². The molecule has 0 fully saturated rings. The molecule has 0 bridgehead atoms. The maximum absolute atomic E-state index is 13.9. The van der Waals surface area contributed by atoms with Crippen molar-refractivity contribution < 1.29 is 14.3 Å². The van der Waals surface area contributed by atoms with E-state index in [1.54, 1.807) is 30.0 Å². The van der Waals surface area contributed by atoms with Gasteiger partial charge in [0.2, 0.25) is 0 Å². The van der Waals surface area contributed by atoms with Crippen molar-refractivity contribution in [1.29, 1.82) is 0 Å². The summed E-state index contributed by atoms with van der Waals surface area (Å²) in [5.41, 5.74) is 1.59. The van der Waals surface area contributed by atoms with Crippen LogP contribution in [0.4, 0.5) is 4.39 Å². The van der Waals surface area contributed by atoms with Gasteiger partial charge in [-0.25, -0.2) is 4.39 Å². The van der Waals surface area contributed by atoms with Crippen molar-refractivity contribution in [2.45, 2.75) is 31.1 Å². The van der Waals surface area contributed by atoms with E-state index in [9.17, 15) is 14.3 Å². The third-order valence-corrected chi connectivity index (χ3v) is 5.53. The average molecular weight is 356 g/mol. The first kappa shape index (κ1) is 17.7. The van der Waals surface area contributed by atoms with E-state index in [-0.39, 0.29) is 28.6 Å². The predicted molar refractivity (Wildman–Crippen MR) is 100 cm³/mol. The van der Waals surface area contributed by atoms with Crippen molar-refractivity contribution in [3.05, 3.63) is 71.2 Å². The zero-order valence-electron chi connectivity index (χ0n) is 14.2. The summed E-state index contributed by atoms with van der Waals surface area (Å²) in [5.74, 6) is 0.390. The highest BCUT2D eigenvalue weighted by Gasteiger charge is 2.29. The topological polar surface area (TPSA) is 37.3 Å². The minimum atomic E-state index is -0.467. The minimum absolute atomic E-state index is 0.0201. The maximum Gasteiger partial charge on any atom is 0.167 e. The van der Waals surface area contributed by atoms with Crippen molar-refractivity contribution >= 4 is 23.1 Å². The number of ketones is 1. The molecular formula is C21H21FO2S. The van der Waals surface area contributed by atoms with Gasteiger partial charge in [0.05, 0.1) is 5.57 Å². The first-order chi connectivity index (χ1) is 12.0. The molecule has 0 spiro atoms. The van der Waals surface area contributed by atoms with Crippen molar-refractivity contribution in [2.24, 2.45) is 5.92 Å². The smallest absolute Gasteiger partial charge is 0.167 e. The maximum atomic E-state index is 13.9. The number of aryl methyl sites for hydroxylation is 1. The van der Waals surface area contributed by atoms with E-state index < -0.39 is 5.82 Å². The summed E-state index contributed by atoms with van der Waals surface area (Å²) in [5, 5.41) is 10.3. The zero-order valence-corrected chi connectivity index (χ0v) is 15.0. The molecule has 2 nitrogen and oxygen atoms in total. The number of thioether (sulfide) groups is 1. The Morgan fingerprint density at radius 3 is 2.52 bits per heavy atom. The van der Waals surface area contributed by atoms with Gasteiger partial charge < -0.3 is 5.11 Å². The van der Waals surface area contributed by atoms with Crippen molar-refractivity contribution in [3.63, 3.8) is 0 Å². The standard InChI is InChI=1S/C21H21FO2S/c1-14-6-8-16(9-7-14)25-11-10-15-12-19(23)21(20(24)13-15)17-4-2-3-5-18(17)22/h2-9,15,23H,10-13H2,1H3. The van der Waals surface area contributed by atoms with Crippen LogP contribution in [0.25, 0.3) is 5.57 Å². The lowest BCUT2D eigenvalue weighted by Crippen LogP contribution is -2.20. The van der Waals surface area contributed by atoms with E-state index in [1.165, 1.54) is 16.5 Å². The van der Waals surface area contributed by atoms with Crippen LogP contribution in [0.2, 0.25) is 0 Å². The molecule has 1 N–H and O–H groups in total. The SMILES string of the molecule is Cc1ccc(SCCC2CC(=O)C(c3ccccc3F)=C(O)C2)cc1. The van der Waals surface area contributed by atoms with Crippen LogP contribution < -0.4 is 0 Å². The van der Waals surface area contributed by atoms with Gasteiger partial charge in [0.15, 0.2) is 5.78 Å². The molecule has 0 saturated carbocycles. The summed E-state index contributed by atoms with van der Waals surface area (Å²) in [4.78, 5) is 13.7. The molecule has 130 valence electrons. The summed E-state index contributed by atoms with van der Waals surface area (Å²) < 4.78 is 13.9. The molecule has 25 heavy (non-hydrogen) atoms. The van der Waals surface area contributed by atoms with Crippen LogP contribution in [-0.2, 0) is 4.79 Å². The van der Waals surface area contributed by atoms with Crippen LogP contribution in [-0.4, -0.2) is 16.6 Å². The summed E-state index contributed by atoms with van der Waals surface area (Å²) in [7, 11) is 0. The average Bonchev–Trinajstić information content (AvgIpc) is 2.58. The Labute approximate surface area is 151 Å². The van der Waals surface area contributed by atoms with Crippen LogP contribution in [0.1, 0.15) is 30.4 Å². The molecule has 0 heterocycles. The Morgan fingerprint density at radius 2 is 1.84 bits per heavy atom. The lowest BCUT2D eigenvalue weighted by Gasteiger charge is -2.23. The van der Waals surface area contributed by atoms with E-state index in [2.05, 4.69) is 31.2 Å². The van der Waals surface area contributed by atoms with E-state index in [1.807, 2.05) is 0 Å². The van der Waals surface area contributed by atoms with Crippen LogP contribution in [0.15, 0.2) is 59.2 Å². The molecule has 0 radical (unpaired) electrons. The minimum Gasteiger partial charge on any atom is -0.512 e. The van der Waals surface area contributed by atoms with Gasteiger partial charge >= 0.3 is 0 Å². The number of carbonyl (C=O) groups excluding carboxylic acids is 1. The molecule has 4 heteroatoms. The van der Waals surface area contributed by atoms with Gasteiger partial charge in [-0.1, -0.05) is 35.9 Å². The van der Waals surface area contributed by atoms with Crippen molar-refractivity contribution in [3.8, 4) is 0 Å². The molecule has 0 aliphatic heterocycles. The number of carbonyl (C=O) groups is 1. The highest BCUT2D eigenvalue weighted by molar-refractivity contribution is 7.99. The second-order valence-electron chi connectivity index (χ2n) is 6.45. The highest BCUT2D eigenvalue weighted by atomic mass is 32.2. The fourth-order valence-electron chi connectivity index (χ4n) is 3.12. The van der Waals surface area contributed by atoms with Gasteiger partial charge in [-0.2, -0.15) is 0 Å². The zero-order chi connectivity index (χ0) is 17.8. The summed E-state index contributed by atoms with van der Waals surface area (Å²) in [6.07, 6.45) is 1.64. The van der Waals surface area contributed by atoms with E-state index >= 15 is 0 Å². The molecule has 0 aromatic heterocycles. The van der Waals surface area contributed by atoms with Crippen LogP contribution in [0, 0.1) is 18.7 Å². The Bertz CT molecular complexity index is 796. The third-order valence-electron chi connectivity index (χ3n) is 4.48. The van der Waals surface area contributed by atoms with Crippen LogP contribution >= 0.6 is 11.8 Å². The van der Waals surface area contributed by atoms with Gasteiger partial charge in [-0.3, -0.25) is 4.79 Å². The fraction of sp³-hybridized carbons (Fsp3) is 0.286. The molecule has 1 atom stereocenters. The Balaban J connectivity index is 1.63. The van der Waals surface area contributed by atoms with E-state index in [0.29, 0.717) is 12.8 Å². The fourth-order valence-corrected chi connectivity index (χ4v) is 4.14. The normalized spacial score (nSPS) is 17.8. The lowest BCUT2D eigenvalue weighted by molar-refractivity contribution is -0.115. The molecule has 3 rings (SSSR count). The number of hydrogen-bond donors (Lipinski definition) is 1. The van der Waals surface area contributed by atoms with Crippen LogP contribution in [0.3, 0.4) is 0 Å². The quantitative estimate of drug-likeness (QED) is 0.712. The number of Topliss-reactive ketones (excluding diaryl/α,β-unsaturated/α-hetero) is 1. The van der Waals surface area contributed by atoms with E-state index in [0.717, 1.165) is 12.2 Å². The third kappa shape index (κ3) is 4.31. The molecular weight excluding hydrogens is 335 g/mol. The molecule has 2 aromatic carbocycles. The second-order valence-corrected chi connectivity index (χ2v) is 7.62. The molecule has 0 amide bonds. The first-order valence-electron chi connectivity index (χ1n) is 8.44. The van der Waals surface area contributed by atoms with E-state index in [4.69, 9.17) is 0 Å². The predicted octanol–water partition coefficient (Wildman–Crippen LogP) is 5.56. The number of allylic oxidation sites excluding steroid dienone is 2. The summed E-state index contributed by atoms with van der Waals surface area (Å²) >= 11 is 1.76. The molecule has 1 unspecified atom stereocenters. The molecule has 0 saturated heterocycles. The molecule has 2 aromatic rings. The lowest BCUT2D eigenvalue weighted by atomic mass is 9.83.